The summed E-state index contributed by atoms with van der Waals surface area (Å²) in [6, 6.07) is 6.21. The van der Waals surface area contributed by atoms with Gasteiger partial charge in [-0.2, -0.15) is 0 Å². The third kappa shape index (κ3) is 2.14. The van der Waals surface area contributed by atoms with Crippen LogP contribution in [0.1, 0.15) is 30.5 Å². The van der Waals surface area contributed by atoms with Crippen LogP contribution in [0.3, 0.4) is 0 Å². The van der Waals surface area contributed by atoms with Gasteiger partial charge in [0, 0.05) is 40.9 Å². The standard InChI is InChI=1S/C16H20N2O/c1-11-12(2)17-15-7-6-13(10-14(15)16(11)19)18-8-4-3-5-9-18/h6-7,10H,3-5,8-9H2,1-2H3,(H,17,19). The Hall–Kier alpha value is -1.77. The molecule has 0 atom stereocenters. The average molecular weight is 256 g/mol. The Kier molecular flexibility index (Phi) is 3.05. The molecule has 2 heterocycles. The number of hydrogen-bond donors (Lipinski definition) is 1. The van der Waals surface area contributed by atoms with Crippen molar-refractivity contribution in [3.8, 4) is 0 Å². The number of rotatable bonds is 1. The number of anilines is 1. The minimum atomic E-state index is 0.158. The van der Waals surface area contributed by atoms with Crippen molar-refractivity contribution >= 4 is 16.6 Å². The molecule has 2 aromatic rings. The van der Waals surface area contributed by atoms with Gasteiger partial charge < -0.3 is 9.88 Å². The van der Waals surface area contributed by atoms with Gasteiger partial charge in [0.05, 0.1) is 0 Å². The molecule has 0 amide bonds. The number of aromatic amines is 1. The molecule has 0 unspecified atom stereocenters. The summed E-state index contributed by atoms with van der Waals surface area (Å²) in [5, 5.41) is 0.811. The fourth-order valence-electron chi connectivity index (χ4n) is 2.85. The summed E-state index contributed by atoms with van der Waals surface area (Å²) in [6.07, 6.45) is 3.83. The molecule has 1 aliphatic rings. The molecular formula is C16H20N2O. The van der Waals surface area contributed by atoms with Gasteiger partial charge in [-0.3, -0.25) is 4.79 Å². The molecule has 0 aliphatic carbocycles. The Balaban J connectivity index is 2.12. The molecule has 0 spiro atoms. The van der Waals surface area contributed by atoms with Crippen LogP contribution in [-0.2, 0) is 0 Å². The van der Waals surface area contributed by atoms with Crippen LogP contribution in [-0.4, -0.2) is 18.1 Å². The van der Waals surface area contributed by atoms with Crippen LogP contribution in [0.15, 0.2) is 23.0 Å². The molecule has 1 saturated heterocycles. The topological polar surface area (TPSA) is 36.1 Å². The fourth-order valence-corrected chi connectivity index (χ4v) is 2.85. The lowest BCUT2D eigenvalue weighted by Crippen LogP contribution is -2.29. The van der Waals surface area contributed by atoms with Gasteiger partial charge in [0.25, 0.3) is 0 Å². The van der Waals surface area contributed by atoms with Crippen LogP contribution in [0.25, 0.3) is 10.9 Å². The quantitative estimate of drug-likeness (QED) is 0.851. The summed E-state index contributed by atoms with van der Waals surface area (Å²) < 4.78 is 0. The number of aromatic nitrogens is 1. The number of nitrogens with zero attached hydrogens (tertiary/aromatic N) is 1. The van der Waals surface area contributed by atoms with Crippen molar-refractivity contribution < 1.29 is 0 Å². The largest absolute Gasteiger partial charge is 0.372 e. The third-order valence-corrected chi connectivity index (χ3v) is 4.19. The Morgan fingerprint density at radius 1 is 1.11 bits per heavy atom. The molecule has 1 fully saturated rings. The maximum absolute atomic E-state index is 12.3. The van der Waals surface area contributed by atoms with E-state index >= 15 is 0 Å². The fraction of sp³-hybridized carbons (Fsp3) is 0.438. The zero-order chi connectivity index (χ0) is 13.4. The van der Waals surface area contributed by atoms with Crippen molar-refractivity contribution in [2.75, 3.05) is 18.0 Å². The molecule has 19 heavy (non-hydrogen) atoms. The highest BCUT2D eigenvalue weighted by Crippen LogP contribution is 2.23. The van der Waals surface area contributed by atoms with E-state index in [1.165, 1.54) is 24.9 Å². The molecule has 3 rings (SSSR count). The van der Waals surface area contributed by atoms with Crippen molar-refractivity contribution in [2.45, 2.75) is 33.1 Å². The Labute approximate surface area is 113 Å². The molecular weight excluding hydrogens is 236 g/mol. The zero-order valence-corrected chi connectivity index (χ0v) is 11.6. The van der Waals surface area contributed by atoms with Crippen molar-refractivity contribution in [3.05, 3.63) is 39.7 Å². The van der Waals surface area contributed by atoms with Crippen molar-refractivity contribution in [1.29, 1.82) is 0 Å². The minimum absolute atomic E-state index is 0.158. The molecule has 0 bridgehead atoms. The van der Waals surface area contributed by atoms with Crippen LogP contribution >= 0.6 is 0 Å². The zero-order valence-electron chi connectivity index (χ0n) is 11.6. The first-order valence-electron chi connectivity index (χ1n) is 7.05. The summed E-state index contributed by atoms with van der Waals surface area (Å²) in [5.41, 5.74) is 4.06. The van der Waals surface area contributed by atoms with Gasteiger partial charge in [-0.05, 0) is 51.3 Å². The van der Waals surface area contributed by atoms with E-state index in [1.54, 1.807) is 0 Å². The molecule has 1 aliphatic heterocycles. The van der Waals surface area contributed by atoms with Crippen LogP contribution in [0.2, 0.25) is 0 Å². The second-order valence-electron chi connectivity index (χ2n) is 5.48. The van der Waals surface area contributed by atoms with Crippen LogP contribution < -0.4 is 10.3 Å². The van der Waals surface area contributed by atoms with Gasteiger partial charge in [-0.1, -0.05) is 0 Å². The molecule has 1 aromatic heterocycles. The van der Waals surface area contributed by atoms with Gasteiger partial charge in [0.2, 0.25) is 0 Å². The number of aryl methyl sites for hydroxylation is 1. The van der Waals surface area contributed by atoms with E-state index in [2.05, 4.69) is 16.0 Å². The van der Waals surface area contributed by atoms with E-state index in [9.17, 15) is 4.79 Å². The summed E-state index contributed by atoms with van der Waals surface area (Å²) in [5.74, 6) is 0. The number of H-pyrrole nitrogens is 1. The third-order valence-electron chi connectivity index (χ3n) is 4.19. The van der Waals surface area contributed by atoms with Gasteiger partial charge >= 0.3 is 0 Å². The number of fused-ring (bicyclic) bond motifs is 1. The monoisotopic (exact) mass is 256 g/mol. The van der Waals surface area contributed by atoms with Gasteiger partial charge in [0.15, 0.2) is 5.43 Å². The molecule has 0 saturated carbocycles. The second kappa shape index (κ2) is 4.72. The average Bonchev–Trinajstić information content (AvgIpc) is 2.46. The van der Waals surface area contributed by atoms with Crippen molar-refractivity contribution in [3.63, 3.8) is 0 Å². The minimum Gasteiger partial charge on any atom is -0.372 e. The summed E-state index contributed by atoms with van der Waals surface area (Å²) in [7, 11) is 0. The van der Waals surface area contributed by atoms with E-state index in [4.69, 9.17) is 0 Å². The predicted molar refractivity (Wildman–Crippen MR) is 80.1 cm³/mol. The van der Waals surface area contributed by atoms with Gasteiger partial charge in [-0.25, -0.2) is 0 Å². The normalized spacial score (nSPS) is 16.0. The van der Waals surface area contributed by atoms with Crippen LogP contribution in [0.4, 0.5) is 5.69 Å². The Morgan fingerprint density at radius 3 is 2.58 bits per heavy atom. The number of nitrogens with one attached hydrogen (secondary N) is 1. The highest BCUT2D eigenvalue weighted by molar-refractivity contribution is 5.83. The SMILES string of the molecule is Cc1[nH]c2ccc(N3CCCCC3)cc2c(=O)c1C. The number of piperidine rings is 1. The van der Waals surface area contributed by atoms with Gasteiger partial charge in [-0.15, -0.1) is 0 Å². The molecule has 1 N–H and O–H groups in total. The summed E-state index contributed by atoms with van der Waals surface area (Å²) in [6.45, 7) is 6.05. The highest BCUT2D eigenvalue weighted by atomic mass is 16.1. The lowest BCUT2D eigenvalue weighted by molar-refractivity contribution is 0.578. The summed E-state index contributed by atoms with van der Waals surface area (Å²) in [4.78, 5) is 18.0. The molecule has 3 nitrogen and oxygen atoms in total. The highest BCUT2D eigenvalue weighted by Gasteiger charge is 2.13. The van der Waals surface area contributed by atoms with E-state index in [-0.39, 0.29) is 5.43 Å². The molecule has 1 aromatic carbocycles. The summed E-state index contributed by atoms with van der Waals surface area (Å²) >= 11 is 0. The van der Waals surface area contributed by atoms with Crippen LogP contribution in [0, 0.1) is 13.8 Å². The maximum Gasteiger partial charge on any atom is 0.192 e. The first-order valence-corrected chi connectivity index (χ1v) is 7.05. The number of benzene rings is 1. The Bertz CT molecular complexity index is 666. The van der Waals surface area contributed by atoms with Crippen LogP contribution in [0.5, 0.6) is 0 Å². The van der Waals surface area contributed by atoms with Crippen molar-refractivity contribution in [1.82, 2.24) is 4.98 Å². The number of pyridine rings is 1. The van der Waals surface area contributed by atoms with E-state index in [0.717, 1.165) is 35.2 Å². The van der Waals surface area contributed by atoms with E-state index in [1.807, 2.05) is 26.0 Å². The lowest BCUT2D eigenvalue weighted by atomic mass is 10.1. The molecule has 3 heteroatoms. The maximum atomic E-state index is 12.3. The van der Waals surface area contributed by atoms with Crippen molar-refractivity contribution in [2.24, 2.45) is 0 Å². The first kappa shape index (κ1) is 12.3. The lowest BCUT2D eigenvalue weighted by Gasteiger charge is -2.29. The molecule has 100 valence electrons. The Morgan fingerprint density at radius 2 is 1.84 bits per heavy atom. The predicted octanol–water partition coefficient (Wildman–Crippen LogP) is 3.14. The van der Waals surface area contributed by atoms with Gasteiger partial charge in [0.1, 0.15) is 0 Å². The molecule has 0 radical (unpaired) electrons. The smallest absolute Gasteiger partial charge is 0.192 e. The van der Waals surface area contributed by atoms with E-state index < -0.39 is 0 Å². The number of hydrogen-bond acceptors (Lipinski definition) is 2. The first-order chi connectivity index (χ1) is 9.16. The second-order valence-corrected chi connectivity index (χ2v) is 5.48. The van der Waals surface area contributed by atoms with E-state index in [0.29, 0.717) is 0 Å².